The van der Waals surface area contributed by atoms with Crippen molar-refractivity contribution in [2.75, 3.05) is 12.4 Å². The highest BCUT2D eigenvalue weighted by Crippen LogP contribution is 2.43. The van der Waals surface area contributed by atoms with Gasteiger partial charge in [-0.1, -0.05) is 18.2 Å². The molecule has 40 heavy (non-hydrogen) atoms. The van der Waals surface area contributed by atoms with Gasteiger partial charge in [0.2, 0.25) is 0 Å². The number of hydrogen-bond acceptors (Lipinski definition) is 6. The molecule has 1 aliphatic rings. The summed E-state index contributed by atoms with van der Waals surface area (Å²) in [5.74, 6) is 0.572. The van der Waals surface area contributed by atoms with Gasteiger partial charge in [0.15, 0.2) is 0 Å². The van der Waals surface area contributed by atoms with E-state index in [9.17, 15) is 9.18 Å². The van der Waals surface area contributed by atoms with Gasteiger partial charge in [-0.2, -0.15) is 0 Å². The van der Waals surface area contributed by atoms with Crippen molar-refractivity contribution in [1.29, 1.82) is 0 Å². The SMILES string of the molecule is COc1ccc(OC(=O)c2cccnc2)cc1-c1ccc2c(c1COc1cc(F)ccc1C)C(C)=CC(C)(C)N2. The summed E-state index contributed by atoms with van der Waals surface area (Å²) in [5.41, 5.74) is 6.50. The normalized spacial score (nSPS) is 13.5. The molecule has 204 valence electrons. The fourth-order valence-corrected chi connectivity index (χ4v) is 5.09. The molecule has 0 fully saturated rings. The molecule has 1 aromatic heterocycles. The van der Waals surface area contributed by atoms with Crippen LogP contribution in [0, 0.1) is 12.7 Å². The molecule has 0 unspecified atom stereocenters. The summed E-state index contributed by atoms with van der Waals surface area (Å²) in [4.78, 5) is 16.7. The van der Waals surface area contributed by atoms with Crippen molar-refractivity contribution in [1.82, 2.24) is 4.98 Å². The molecule has 0 saturated heterocycles. The molecule has 5 rings (SSSR count). The van der Waals surface area contributed by atoms with Crippen LogP contribution in [0.2, 0.25) is 0 Å². The summed E-state index contributed by atoms with van der Waals surface area (Å²) in [6.45, 7) is 8.37. The summed E-state index contributed by atoms with van der Waals surface area (Å²) in [6.07, 6.45) is 5.24. The fraction of sp³-hybridized carbons (Fsp3) is 0.212. The molecule has 0 spiro atoms. The zero-order chi connectivity index (χ0) is 28.4. The average Bonchev–Trinajstić information content (AvgIpc) is 2.93. The molecule has 2 heterocycles. The number of fused-ring (bicyclic) bond motifs is 1. The molecule has 3 aromatic carbocycles. The highest BCUT2D eigenvalue weighted by Gasteiger charge is 2.27. The zero-order valence-corrected chi connectivity index (χ0v) is 23.2. The van der Waals surface area contributed by atoms with E-state index in [4.69, 9.17) is 14.2 Å². The number of benzene rings is 3. The number of esters is 1. The van der Waals surface area contributed by atoms with Crippen molar-refractivity contribution in [2.24, 2.45) is 0 Å². The number of carbonyl (C=O) groups excluding carboxylic acids is 1. The maximum absolute atomic E-state index is 14.0. The standard InChI is InChI=1S/C33H31FN2O4/c1-20-8-9-23(34)15-30(20)39-19-27-25(11-12-28-31(27)21(2)17-33(3,4)36-28)26-16-24(10-13-29(26)38-5)40-32(37)22-7-6-14-35-18-22/h6-18,36H,19H2,1-5H3. The summed E-state index contributed by atoms with van der Waals surface area (Å²) >= 11 is 0. The Balaban J connectivity index is 1.61. The van der Waals surface area contributed by atoms with E-state index < -0.39 is 5.97 Å². The Kier molecular flexibility index (Phi) is 7.30. The Morgan fingerprint density at radius 3 is 2.58 bits per heavy atom. The van der Waals surface area contributed by atoms with E-state index in [1.54, 1.807) is 49.7 Å². The highest BCUT2D eigenvalue weighted by molar-refractivity contribution is 5.92. The Labute approximate surface area is 233 Å². The van der Waals surface area contributed by atoms with Gasteiger partial charge in [0.1, 0.15) is 29.7 Å². The van der Waals surface area contributed by atoms with Crippen LogP contribution in [0.15, 0.2) is 79.1 Å². The molecule has 0 amide bonds. The Morgan fingerprint density at radius 1 is 1.00 bits per heavy atom. The van der Waals surface area contributed by atoms with E-state index in [2.05, 4.69) is 37.1 Å². The lowest BCUT2D eigenvalue weighted by Gasteiger charge is -2.33. The van der Waals surface area contributed by atoms with Crippen LogP contribution in [0.3, 0.4) is 0 Å². The van der Waals surface area contributed by atoms with Gasteiger partial charge in [0, 0.05) is 40.8 Å². The number of nitrogens with zero attached hydrogens (tertiary/aromatic N) is 1. The Morgan fingerprint density at radius 2 is 1.82 bits per heavy atom. The first-order chi connectivity index (χ1) is 19.1. The van der Waals surface area contributed by atoms with Gasteiger partial charge < -0.3 is 19.5 Å². The van der Waals surface area contributed by atoms with Crippen LogP contribution in [-0.2, 0) is 6.61 Å². The first-order valence-electron chi connectivity index (χ1n) is 13.0. The molecular weight excluding hydrogens is 507 g/mol. The first kappa shape index (κ1) is 26.9. The fourth-order valence-electron chi connectivity index (χ4n) is 5.09. The number of rotatable bonds is 7. The minimum Gasteiger partial charge on any atom is -0.496 e. The molecule has 4 aromatic rings. The van der Waals surface area contributed by atoms with E-state index in [0.717, 1.165) is 39.1 Å². The molecule has 0 aliphatic carbocycles. The first-order valence-corrected chi connectivity index (χ1v) is 13.0. The molecule has 6 nitrogen and oxygen atoms in total. The molecular formula is C33H31FN2O4. The smallest absolute Gasteiger partial charge is 0.345 e. The topological polar surface area (TPSA) is 69.7 Å². The number of pyridine rings is 1. The van der Waals surface area contributed by atoms with E-state index >= 15 is 0 Å². The van der Waals surface area contributed by atoms with Crippen molar-refractivity contribution in [3.63, 3.8) is 0 Å². The van der Waals surface area contributed by atoms with Gasteiger partial charge in [0.25, 0.3) is 0 Å². The van der Waals surface area contributed by atoms with Crippen LogP contribution >= 0.6 is 0 Å². The third-order valence-electron chi connectivity index (χ3n) is 6.83. The molecule has 7 heteroatoms. The van der Waals surface area contributed by atoms with Crippen molar-refractivity contribution in [2.45, 2.75) is 39.8 Å². The van der Waals surface area contributed by atoms with E-state index in [-0.39, 0.29) is 18.0 Å². The highest BCUT2D eigenvalue weighted by atomic mass is 19.1. The number of aromatic nitrogens is 1. The van der Waals surface area contributed by atoms with Crippen LogP contribution in [0.25, 0.3) is 16.7 Å². The number of hydrogen-bond donors (Lipinski definition) is 1. The number of carbonyl (C=O) groups is 1. The lowest BCUT2D eigenvalue weighted by molar-refractivity contribution is 0.0734. The Bertz CT molecular complexity index is 1610. The van der Waals surface area contributed by atoms with Gasteiger partial charge in [-0.25, -0.2) is 9.18 Å². The van der Waals surface area contributed by atoms with Gasteiger partial charge in [-0.3, -0.25) is 4.98 Å². The van der Waals surface area contributed by atoms with Crippen molar-refractivity contribution in [3.8, 4) is 28.4 Å². The number of allylic oxidation sites excluding steroid dienone is 1. The maximum atomic E-state index is 14.0. The largest absolute Gasteiger partial charge is 0.496 e. The number of ether oxygens (including phenoxy) is 3. The third-order valence-corrected chi connectivity index (χ3v) is 6.83. The van der Waals surface area contributed by atoms with Crippen LogP contribution in [0.1, 0.15) is 47.8 Å². The third kappa shape index (κ3) is 5.54. The van der Waals surface area contributed by atoms with Crippen molar-refractivity contribution < 1.29 is 23.4 Å². The van der Waals surface area contributed by atoms with Gasteiger partial charge >= 0.3 is 5.97 Å². The lowest BCUT2D eigenvalue weighted by atomic mass is 9.85. The van der Waals surface area contributed by atoms with Crippen LogP contribution in [-0.4, -0.2) is 23.6 Å². The minimum atomic E-state index is -0.509. The lowest BCUT2D eigenvalue weighted by Crippen LogP contribution is -2.32. The number of nitrogens with one attached hydrogen (secondary N) is 1. The number of anilines is 1. The quantitative estimate of drug-likeness (QED) is 0.193. The monoisotopic (exact) mass is 538 g/mol. The minimum absolute atomic E-state index is 0.180. The number of methoxy groups -OCH3 is 1. The van der Waals surface area contributed by atoms with Crippen LogP contribution in [0.5, 0.6) is 17.2 Å². The molecule has 0 saturated carbocycles. The summed E-state index contributed by atoms with van der Waals surface area (Å²) in [5, 5.41) is 3.59. The van der Waals surface area contributed by atoms with Gasteiger partial charge in [-0.05, 0) is 86.9 Å². The summed E-state index contributed by atoms with van der Waals surface area (Å²) in [7, 11) is 1.60. The van der Waals surface area contributed by atoms with Gasteiger partial charge in [0.05, 0.1) is 18.2 Å². The van der Waals surface area contributed by atoms with Crippen molar-refractivity contribution in [3.05, 3.63) is 107 Å². The van der Waals surface area contributed by atoms with Gasteiger partial charge in [-0.15, -0.1) is 0 Å². The van der Waals surface area contributed by atoms with E-state index in [1.807, 2.05) is 19.1 Å². The summed E-state index contributed by atoms with van der Waals surface area (Å²) in [6, 6.07) is 17.1. The summed E-state index contributed by atoms with van der Waals surface area (Å²) < 4.78 is 31.7. The van der Waals surface area contributed by atoms with Crippen LogP contribution in [0.4, 0.5) is 10.1 Å². The zero-order valence-electron chi connectivity index (χ0n) is 23.2. The maximum Gasteiger partial charge on any atom is 0.345 e. The number of halogens is 1. The second kappa shape index (κ2) is 10.8. The molecule has 0 radical (unpaired) electrons. The molecule has 1 N–H and O–H groups in total. The Hall–Kier alpha value is -4.65. The van der Waals surface area contributed by atoms with Crippen molar-refractivity contribution >= 4 is 17.2 Å². The predicted octanol–water partition coefficient (Wildman–Crippen LogP) is 7.61. The van der Waals surface area contributed by atoms with Crippen LogP contribution < -0.4 is 19.5 Å². The molecule has 1 aliphatic heterocycles. The molecule has 0 atom stereocenters. The predicted molar refractivity (Wildman–Crippen MR) is 154 cm³/mol. The average molecular weight is 539 g/mol. The number of aryl methyl sites for hydroxylation is 1. The van der Waals surface area contributed by atoms with E-state index in [0.29, 0.717) is 22.8 Å². The second-order valence-corrected chi connectivity index (χ2v) is 10.4. The molecule has 0 bridgehead atoms. The van der Waals surface area contributed by atoms with E-state index in [1.165, 1.54) is 18.3 Å². The second-order valence-electron chi connectivity index (χ2n) is 10.4.